The van der Waals surface area contributed by atoms with E-state index in [9.17, 15) is 22.7 Å². The fraction of sp³-hybridized carbons (Fsp3) is 0.682. The molecule has 0 saturated heterocycles. The number of carbonyl (C=O) groups is 1. The molecule has 4 aliphatic carbocycles. The maximum atomic E-state index is 14.1. The SMILES string of the molecule is CN(C(C)(C)C(=O)CC1C2CC3CC1CC(O)(C3)C2)S(=O)(=O)c1ccccc1F. The second-order valence-corrected chi connectivity index (χ2v) is 11.9. The number of hydrogen-bond acceptors (Lipinski definition) is 4. The normalized spacial score (nSPS) is 34.0. The number of hydrogen-bond donors (Lipinski definition) is 1. The molecule has 29 heavy (non-hydrogen) atoms. The van der Waals surface area contributed by atoms with Gasteiger partial charge in [0.25, 0.3) is 0 Å². The standard InChI is InChI=1S/C22H30FNO4S/c1-21(2,24(3)29(27,28)19-7-5-4-6-18(19)23)20(25)10-17-15-8-14-9-16(17)13-22(26,11-14)12-15/h4-7,14-17,26H,8-13H2,1-3H3. The molecule has 2 atom stereocenters. The van der Waals surface area contributed by atoms with Gasteiger partial charge in [-0.1, -0.05) is 12.1 Å². The predicted molar refractivity (Wildman–Crippen MR) is 107 cm³/mol. The smallest absolute Gasteiger partial charge is 0.246 e. The van der Waals surface area contributed by atoms with Crippen LogP contribution in [0.5, 0.6) is 0 Å². The van der Waals surface area contributed by atoms with Gasteiger partial charge in [-0.05, 0) is 81.8 Å². The number of carbonyl (C=O) groups excluding carboxylic acids is 1. The number of sulfonamides is 1. The Hall–Kier alpha value is -1.31. The van der Waals surface area contributed by atoms with Crippen molar-refractivity contribution in [3.63, 3.8) is 0 Å². The van der Waals surface area contributed by atoms with E-state index >= 15 is 0 Å². The Morgan fingerprint density at radius 3 is 2.34 bits per heavy atom. The average Bonchev–Trinajstić information content (AvgIpc) is 2.62. The second kappa shape index (κ2) is 6.86. The Labute approximate surface area is 172 Å². The molecule has 1 aromatic carbocycles. The van der Waals surface area contributed by atoms with Crippen LogP contribution in [-0.2, 0) is 14.8 Å². The summed E-state index contributed by atoms with van der Waals surface area (Å²) < 4.78 is 41.1. The van der Waals surface area contributed by atoms with E-state index in [0.29, 0.717) is 24.2 Å². The van der Waals surface area contributed by atoms with Crippen LogP contribution < -0.4 is 0 Å². The maximum absolute atomic E-state index is 14.1. The van der Waals surface area contributed by atoms with Gasteiger partial charge in [-0.15, -0.1) is 0 Å². The highest BCUT2D eigenvalue weighted by Crippen LogP contribution is 2.59. The Kier molecular flexibility index (Phi) is 4.95. The zero-order chi connectivity index (χ0) is 21.2. The van der Waals surface area contributed by atoms with Crippen LogP contribution in [0, 0.1) is 29.5 Å². The molecule has 0 aromatic heterocycles. The second-order valence-electron chi connectivity index (χ2n) is 9.95. The van der Waals surface area contributed by atoms with E-state index < -0.39 is 31.9 Å². The highest BCUT2D eigenvalue weighted by Gasteiger charge is 2.55. The van der Waals surface area contributed by atoms with E-state index in [2.05, 4.69) is 0 Å². The van der Waals surface area contributed by atoms with Crippen molar-refractivity contribution in [2.24, 2.45) is 23.7 Å². The molecule has 0 spiro atoms. The summed E-state index contributed by atoms with van der Waals surface area (Å²) in [6.07, 6.45) is 4.81. The summed E-state index contributed by atoms with van der Waals surface area (Å²) in [4.78, 5) is 12.9. The summed E-state index contributed by atoms with van der Waals surface area (Å²) in [5.41, 5.74) is -1.84. The van der Waals surface area contributed by atoms with Gasteiger partial charge in [-0.25, -0.2) is 12.8 Å². The summed E-state index contributed by atoms with van der Waals surface area (Å²) in [7, 11) is -2.80. The zero-order valence-corrected chi connectivity index (χ0v) is 18.1. The topological polar surface area (TPSA) is 74.7 Å². The molecule has 1 aromatic rings. The highest BCUT2D eigenvalue weighted by molar-refractivity contribution is 7.89. The summed E-state index contributed by atoms with van der Waals surface area (Å²) in [6, 6.07) is 5.23. The number of rotatable bonds is 6. The van der Waals surface area contributed by atoms with Crippen LogP contribution in [-0.4, -0.2) is 41.8 Å². The molecule has 0 radical (unpaired) electrons. The first kappa shape index (κ1) is 20.9. The summed E-state index contributed by atoms with van der Waals surface area (Å²) in [5, 5.41) is 10.8. The van der Waals surface area contributed by atoms with Gasteiger partial charge in [0.1, 0.15) is 10.7 Å². The Morgan fingerprint density at radius 2 is 1.79 bits per heavy atom. The van der Waals surface area contributed by atoms with E-state index in [1.165, 1.54) is 25.2 Å². The molecule has 160 valence electrons. The lowest BCUT2D eigenvalue weighted by atomic mass is 9.49. The summed E-state index contributed by atoms with van der Waals surface area (Å²) in [5.74, 6) is 0.448. The molecule has 4 bridgehead atoms. The van der Waals surface area contributed by atoms with E-state index in [-0.39, 0.29) is 11.7 Å². The third kappa shape index (κ3) is 3.45. The van der Waals surface area contributed by atoms with Crippen LogP contribution in [0.3, 0.4) is 0 Å². The van der Waals surface area contributed by atoms with Gasteiger partial charge in [0.2, 0.25) is 10.0 Å². The monoisotopic (exact) mass is 423 g/mol. The number of Topliss-reactive ketones (excluding diaryl/α,β-unsaturated/α-hetero) is 1. The van der Waals surface area contributed by atoms with Crippen molar-refractivity contribution in [2.45, 2.75) is 68.4 Å². The molecule has 5 nitrogen and oxygen atoms in total. The fourth-order valence-electron chi connectivity index (χ4n) is 6.16. The molecule has 0 heterocycles. The van der Waals surface area contributed by atoms with Crippen LogP contribution in [0.25, 0.3) is 0 Å². The molecular weight excluding hydrogens is 393 g/mol. The minimum atomic E-state index is -4.15. The minimum absolute atomic E-state index is 0.149. The molecule has 2 unspecified atom stereocenters. The van der Waals surface area contributed by atoms with Gasteiger partial charge in [-0.3, -0.25) is 4.79 Å². The third-order valence-corrected chi connectivity index (χ3v) is 9.87. The predicted octanol–water partition coefficient (Wildman–Crippen LogP) is 3.37. The molecule has 0 aliphatic heterocycles. The van der Waals surface area contributed by atoms with Crippen molar-refractivity contribution in [1.82, 2.24) is 4.31 Å². The number of likely N-dealkylation sites (N-methyl/N-ethyl adjacent to an activating group) is 1. The fourth-order valence-corrected chi connectivity index (χ4v) is 7.72. The molecule has 4 aliphatic rings. The zero-order valence-electron chi connectivity index (χ0n) is 17.3. The molecular formula is C22H30FNO4S. The molecule has 4 saturated carbocycles. The molecule has 1 N–H and O–H groups in total. The van der Waals surface area contributed by atoms with Crippen LogP contribution in [0.4, 0.5) is 4.39 Å². The lowest BCUT2D eigenvalue weighted by Gasteiger charge is -2.58. The number of aliphatic hydroxyl groups is 1. The summed E-state index contributed by atoms with van der Waals surface area (Å²) in [6.45, 7) is 3.19. The number of ketones is 1. The largest absolute Gasteiger partial charge is 0.390 e. The van der Waals surface area contributed by atoms with Gasteiger partial charge in [0.15, 0.2) is 5.78 Å². The Balaban J connectivity index is 1.53. The van der Waals surface area contributed by atoms with Gasteiger partial charge < -0.3 is 5.11 Å². The van der Waals surface area contributed by atoms with Crippen molar-refractivity contribution in [2.75, 3.05) is 7.05 Å². The van der Waals surface area contributed by atoms with Crippen LogP contribution in [0.2, 0.25) is 0 Å². The quantitative estimate of drug-likeness (QED) is 0.761. The van der Waals surface area contributed by atoms with E-state index in [0.717, 1.165) is 42.5 Å². The highest BCUT2D eigenvalue weighted by atomic mass is 32.2. The van der Waals surface area contributed by atoms with Gasteiger partial charge in [0.05, 0.1) is 11.1 Å². The van der Waals surface area contributed by atoms with Gasteiger partial charge in [-0.2, -0.15) is 4.31 Å². The third-order valence-electron chi connectivity index (χ3n) is 7.80. The average molecular weight is 424 g/mol. The van der Waals surface area contributed by atoms with Crippen molar-refractivity contribution in [1.29, 1.82) is 0 Å². The molecule has 4 fully saturated rings. The van der Waals surface area contributed by atoms with E-state index in [1.54, 1.807) is 13.8 Å². The number of halogens is 1. The van der Waals surface area contributed by atoms with Crippen molar-refractivity contribution < 1.29 is 22.7 Å². The molecule has 0 amide bonds. The lowest BCUT2D eigenvalue weighted by molar-refractivity contribution is -0.159. The minimum Gasteiger partial charge on any atom is -0.390 e. The van der Waals surface area contributed by atoms with Gasteiger partial charge in [0, 0.05) is 13.5 Å². The Bertz CT molecular complexity index is 912. The van der Waals surface area contributed by atoms with E-state index in [4.69, 9.17) is 0 Å². The van der Waals surface area contributed by atoms with Crippen molar-refractivity contribution in [3.8, 4) is 0 Å². The van der Waals surface area contributed by atoms with Crippen molar-refractivity contribution in [3.05, 3.63) is 30.1 Å². The number of nitrogens with zero attached hydrogens (tertiary/aromatic N) is 1. The first-order valence-corrected chi connectivity index (χ1v) is 11.9. The first-order chi connectivity index (χ1) is 13.4. The maximum Gasteiger partial charge on any atom is 0.246 e. The van der Waals surface area contributed by atoms with E-state index in [1.807, 2.05) is 0 Å². The first-order valence-electron chi connectivity index (χ1n) is 10.4. The van der Waals surface area contributed by atoms with Crippen LogP contribution in [0.15, 0.2) is 29.2 Å². The van der Waals surface area contributed by atoms with Crippen molar-refractivity contribution >= 4 is 15.8 Å². The Morgan fingerprint density at radius 1 is 1.21 bits per heavy atom. The lowest BCUT2D eigenvalue weighted by Crippen LogP contribution is -2.56. The summed E-state index contributed by atoms with van der Waals surface area (Å²) >= 11 is 0. The van der Waals surface area contributed by atoms with Crippen LogP contribution >= 0.6 is 0 Å². The molecule has 7 heteroatoms. The van der Waals surface area contributed by atoms with Gasteiger partial charge >= 0.3 is 0 Å². The molecule has 5 rings (SSSR count). The van der Waals surface area contributed by atoms with Crippen LogP contribution in [0.1, 0.15) is 52.4 Å². The number of benzene rings is 1.